The van der Waals surface area contributed by atoms with Crippen LogP contribution in [0.5, 0.6) is 0 Å². The maximum Gasteiger partial charge on any atom is 0.407 e. The predicted octanol–water partition coefficient (Wildman–Crippen LogP) is 5.39. The third-order valence-electron chi connectivity index (χ3n) is 5.33. The lowest BCUT2D eigenvalue weighted by atomic mass is 10.0. The lowest BCUT2D eigenvalue weighted by Crippen LogP contribution is -2.37. The van der Waals surface area contributed by atoms with Gasteiger partial charge in [0.2, 0.25) is 0 Å². The molecule has 150 valence electrons. The summed E-state index contributed by atoms with van der Waals surface area (Å²) in [5.41, 5.74) is 2.38. The molecule has 27 heavy (non-hydrogen) atoms. The number of hydrogen-bond acceptors (Lipinski definition) is 2. The van der Waals surface area contributed by atoms with Crippen molar-refractivity contribution in [3.8, 4) is 0 Å². The molecule has 1 aromatic carbocycles. The fraction of sp³-hybridized carbons (Fsp3) is 0.636. The van der Waals surface area contributed by atoms with Crippen molar-refractivity contribution in [3.63, 3.8) is 0 Å². The fourth-order valence-electron chi connectivity index (χ4n) is 3.61. The third-order valence-corrected chi connectivity index (χ3v) is 5.68. The van der Waals surface area contributed by atoms with Gasteiger partial charge in [-0.05, 0) is 24.8 Å². The number of benzene rings is 1. The van der Waals surface area contributed by atoms with Gasteiger partial charge in [0, 0.05) is 24.7 Å². The van der Waals surface area contributed by atoms with Crippen LogP contribution in [0, 0.1) is 0 Å². The second-order valence-electron chi connectivity index (χ2n) is 7.61. The van der Waals surface area contributed by atoms with E-state index in [1.165, 1.54) is 61.8 Å². The Bertz CT molecular complexity index is 588. The minimum atomic E-state index is -0.851. The SMILES string of the molecule is CCCCCCCCCCc1ccc(C(=S)N[C@@H]2CCN(C(=O)O)C2)cc1. The number of hydrogen-bond donors (Lipinski definition) is 2. The van der Waals surface area contributed by atoms with Crippen LogP contribution in [0.15, 0.2) is 24.3 Å². The van der Waals surface area contributed by atoms with Crippen molar-refractivity contribution in [2.45, 2.75) is 77.2 Å². The van der Waals surface area contributed by atoms with E-state index in [9.17, 15) is 4.79 Å². The number of rotatable bonds is 11. The lowest BCUT2D eigenvalue weighted by molar-refractivity contribution is 0.155. The summed E-state index contributed by atoms with van der Waals surface area (Å²) >= 11 is 5.49. The molecule has 0 aliphatic carbocycles. The number of likely N-dealkylation sites (tertiary alicyclic amines) is 1. The molecule has 1 aliphatic heterocycles. The minimum absolute atomic E-state index is 0.116. The Morgan fingerprint density at radius 2 is 1.74 bits per heavy atom. The first kappa shape index (κ1) is 21.7. The van der Waals surface area contributed by atoms with Crippen LogP contribution < -0.4 is 5.32 Å². The first-order chi connectivity index (χ1) is 13.1. The van der Waals surface area contributed by atoms with E-state index >= 15 is 0 Å². The lowest BCUT2D eigenvalue weighted by Gasteiger charge is -2.16. The molecule has 0 bridgehead atoms. The average molecular weight is 391 g/mol. The van der Waals surface area contributed by atoms with E-state index in [0.29, 0.717) is 18.1 Å². The normalized spacial score (nSPS) is 16.5. The number of aryl methyl sites for hydroxylation is 1. The molecule has 0 spiro atoms. The quantitative estimate of drug-likeness (QED) is 0.393. The topological polar surface area (TPSA) is 52.6 Å². The number of unbranched alkanes of at least 4 members (excludes halogenated alkanes) is 7. The molecule has 1 fully saturated rings. The van der Waals surface area contributed by atoms with Crippen LogP contribution in [0.3, 0.4) is 0 Å². The second kappa shape index (κ2) is 12.0. The van der Waals surface area contributed by atoms with E-state index in [1.54, 1.807) is 0 Å². The van der Waals surface area contributed by atoms with Crippen molar-refractivity contribution in [3.05, 3.63) is 35.4 Å². The number of carboxylic acid groups (broad SMARTS) is 1. The molecule has 1 aliphatic rings. The summed E-state index contributed by atoms with van der Waals surface area (Å²) in [5, 5.41) is 12.3. The van der Waals surface area contributed by atoms with Gasteiger partial charge in [0.25, 0.3) is 0 Å². The van der Waals surface area contributed by atoms with Gasteiger partial charge >= 0.3 is 6.09 Å². The number of nitrogens with one attached hydrogen (secondary N) is 1. The average Bonchev–Trinajstić information content (AvgIpc) is 3.13. The molecule has 1 aromatic rings. The molecule has 2 N–H and O–H groups in total. The zero-order valence-electron chi connectivity index (χ0n) is 16.6. The maximum atomic E-state index is 11.0. The standard InChI is InChI=1S/C22H34N2O2S/c1-2-3-4-5-6-7-8-9-10-18-11-13-19(14-12-18)21(27)23-20-15-16-24(17-20)22(25)26/h11-14,20H,2-10,15-17H2,1H3,(H,23,27)(H,25,26)/t20-/m1/s1. The van der Waals surface area contributed by atoms with Crippen LogP contribution in [0.1, 0.15) is 75.8 Å². The molecule has 2 rings (SSSR count). The molecule has 4 nitrogen and oxygen atoms in total. The predicted molar refractivity (Wildman–Crippen MR) is 116 cm³/mol. The molecule has 1 amide bonds. The van der Waals surface area contributed by atoms with Crippen molar-refractivity contribution >= 4 is 23.3 Å². The first-order valence-corrected chi connectivity index (χ1v) is 10.9. The van der Waals surface area contributed by atoms with Gasteiger partial charge in [0.1, 0.15) is 4.99 Å². The Labute approximate surface area is 169 Å². The van der Waals surface area contributed by atoms with Crippen molar-refractivity contribution in [1.29, 1.82) is 0 Å². The number of thiocarbonyl (C=S) groups is 1. The Kier molecular flexibility index (Phi) is 9.60. The van der Waals surface area contributed by atoms with E-state index in [1.807, 2.05) is 0 Å². The summed E-state index contributed by atoms with van der Waals surface area (Å²) in [6, 6.07) is 8.62. The highest BCUT2D eigenvalue weighted by molar-refractivity contribution is 7.80. The van der Waals surface area contributed by atoms with Crippen LogP contribution in [-0.2, 0) is 6.42 Å². The Hall–Kier alpha value is -1.62. The van der Waals surface area contributed by atoms with E-state index in [0.717, 1.165) is 18.4 Å². The smallest absolute Gasteiger partial charge is 0.407 e. The molecule has 0 saturated carbocycles. The molecular weight excluding hydrogens is 356 g/mol. The van der Waals surface area contributed by atoms with Crippen LogP contribution in [-0.4, -0.2) is 40.2 Å². The summed E-state index contributed by atoms with van der Waals surface area (Å²) in [5.74, 6) is 0. The summed E-state index contributed by atoms with van der Waals surface area (Å²) in [6.07, 6.45) is 11.9. The molecule has 0 radical (unpaired) electrons. The van der Waals surface area contributed by atoms with Gasteiger partial charge in [-0.1, -0.05) is 88.4 Å². The van der Waals surface area contributed by atoms with E-state index < -0.39 is 6.09 Å². The maximum absolute atomic E-state index is 11.0. The summed E-state index contributed by atoms with van der Waals surface area (Å²) in [6.45, 7) is 3.34. The fourth-order valence-corrected chi connectivity index (χ4v) is 3.91. The summed E-state index contributed by atoms with van der Waals surface area (Å²) in [7, 11) is 0. The van der Waals surface area contributed by atoms with E-state index in [4.69, 9.17) is 17.3 Å². The van der Waals surface area contributed by atoms with Gasteiger partial charge in [-0.3, -0.25) is 0 Å². The van der Waals surface area contributed by atoms with E-state index in [-0.39, 0.29) is 6.04 Å². The Balaban J connectivity index is 1.64. The van der Waals surface area contributed by atoms with Crippen LogP contribution in [0.25, 0.3) is 0 Å². The van der Waals surface area contributed by atoms with Crippen LogP contribution >= 0.6 is 12.2 Å². The zero-order chi connectivity index (χ0) is 19.5. The van der Waals surface area contributed by atoms with Crippen molar-refractivity contribution < 1.29 is 9.90 Å². The van der Waals surface area contributed by atoms with Gasteiger partial charge < -0.3 is 15.3 Å². The zero-order valence-corrected chi connectivity index (χ0v) is 17.4. The molecular formula is C22H34N2O2S. The third kappa shape index (κ3) is 7.87. The summed E-state index contributed by atoms with van der Waals surface area (Å²) < 4.78 is 0. The molecule has 0 unspecified atom stereocenters. The van der Waals surface area contributed by atoms with Crippen molar-refractivity contribution in [2.24, 2.45) is 0 Å². The highest BCUT2D eigenvalue weighted by atomic mass is 32.1. The number of amides is 1. The monoisotopic (exact) mass is 390 g/mol. The largest absolute Gasteiger partial charge is 0.465 e. The molecule has 1 atom stereocenters. The second-order valence-corrected chi connectivity index (χ2v) is 8.02. The van der Waals surface area contributed by atoms with Crippen molar-refractivity contribution in [2.75, 3.05) is 13.1 Å². The highest BCUT2D eigenvalue weighted by Crippen LogP contribution is 2.14. The van der Waals surface area contributed by atoms with Crippen molar-refractivity contribution in [1.82, 2.24) is 10.2 Å². The molecule has 0 aromatic heterocycles. The number of carbonyl (C=O) groups is 1. The van der Waals surface area contributed by atoms with Gasteiger partial charge in [-0.2, -0.15) is 0 Å². The molecule has 5 heteroatoms. The van der Waals surface area contributed by atoms with Gasteiger partial charge in [0.05, 0.1) is 0 Å². The van der Waals surface area contributed by atoms with Gasteiger partial charge in [-0.25, -0.2) is 4.79 Å². The molecule has 1 saturated heterocycles. The first-order valence-electron chi connectivity index (χ1n) is 10.5. The van der Waals surface area contributed by atoms with Gasteiger partial charge in [0.15, 0.2) is 0 Å². The highest BCUT2D eigenvalue weighted by Gasteiger charge is 2.26. The van der Waals surface area contributed by atoms with Crippen LogP contribution in [0.4, 0.5) is 4.79 Å². The van der Waals surface area contributed by atoms with Gasteiger partial charge in [-0.15, -0.1) is 0 Å². The minimum Gasteiger partial charge on any atom is -0.465 e. The Morgan fingerprint density at radius 3 is 2.33 bits per heavy atom. The number of nitrogens with zero attached hydrogens (tertiary/aromatic N) is 1. The summed E-state index contributed by atoms with van der Waals surface area (Å²) in [4.78, 5) is 13.1. The van der Waals surface area contributed by atoms with E-state index in [2.05, 4.69) is 36.5 Å². The Morgan fingerprint density at radius 1 is 1.11 bits per heavy atom. The van der Waals surface area contributed by atoms with Crippen LogP contribution in [0.2, 0.25) is 0 Å². The molecule has 1 heterocycles.